The van der Waals surface area contributed by atoms with Gasteiger partial charge in [-0.3, -0.25) is 14.4 Å². The number of primary amides is 1. The molecule has 2 amide bonds. The molecule has 4 N–H and O–H groups in total. The maximum atomic E-state index is 13.5. The van der Waals surface area contributed by atoms with Gasteiger partial charge in [0.2, 0.25) is 5.91 Å². The molecule has 2 fully saturated rings. The molecule has 1 aromatic heterocycles. The standard InChI is InChI=1S/C27H32N2O4S/c1-12(2)15-6-8-16(9-7-15)20-14(5)34-26(23(20)24(28)30)29-25(31)21-17-10-11-18(19(17)13(3)4)22(21)27(32)33/h6-9,12,17-18,21-22H,10-11H2,1-5H3,(H2,28,30)(H,29,31)(H,32,33)/t17-,18+,21+,22-/m0/s1. The average molecular weight is 481 g/mol. The summed E-state index contributed by atoms with van der Waals surface area (Å²) in [4.78, 5) is 39.0. The van der Waals surface area contributed by atoms with E-state index in [0.29, 0.717) is 10.9 Å². The van der Waals surface area contributed by atoms with Gasteiger partial charge in [-0.05, 0) is 62.5 Å². The van der Waals surface area contributed by atoms with Crippen LogP contribution in [0.15, 0.2) is 35.4 Å². The van der Waals surface area contributed by atoms with Crippen molar-refractivity contribution in [2.45, 2.75) is 53.4 Å². The number of anilines is 1. The van der Waals surface area contributed by atoms with Crippen LogP contribution in [0.25, 0.3) is 11.1 Å². The highest BCUT2D eigenvalue weighted by Crippen LogP contribution is 2.57. The monoisotopic (exact) mass is 480 g/mol. The van der Waals surface area contributed by atoms with Crippen molar-refractivity contribution in [1.82, 2.24) is 0 Å². The van der Waals surface area contributed by atoms with Crippen LogP contribution in [0.5, 0.6) is 0 Å². The molecule has 2 aromatic rings. The fraction of sp³-hybridized carbons (Fsp3) is 0.444. The molecular formula is C27H32N2O4S. The molecule has 1 aromatic carbocycles. The lowest BCUT2D eigenvalue weighted by Gasteiger charge is -2.26. The number of benzene rings is 1. The van der Waals surface area contributed by atoms with Crippen molar-refractivity contribution in [3.05, 3.63) is 51.4 Å². The van der Waals surface area contributed by atoms with Crippen molar-refractivity contribution in [3.8, 4) is 11.1 Å². The van der Waals surface area contributed by atoms with Crippen molar-refractivity contribution in [3.63, 3.8) is 0 Å². The molecule has 2 saturated carbocycles. The minimum Gasteiger partial charge on any atom is -0.481 e. The highest BCUT2D eigenvalue weighted by atomic mass is 32.1. The van der Waals surface area contributed by atoms with E-state index in [-0.39, 0.29) is 23.3 Å². The number of carboxylic acid groups (broad SMARTS) is 1. The first kappa shape index (κ1) is 24.2. The van der Waals surface area contributed by atoms with E-state index in [0.717, 1.165) is 40.0 Å². The maximum absolute atomic E-state index is 13.5. The van der Waals surface area contributed by atoms with Crippen LogP contribution in [0.3, 0.4) is 0 Å². The molecule has 2 aliphatic carbocycles. The Kier molecular flexibility index (Phi) is 6.42. The van der Waals surface area contributed by atoms with Crippen LogP contribution in [0.1, 0.15) is 67.3 Å². The summed E-state index contributed by atoms with van der Waals surface area (Å²) >= 11 is 1.31. The normalized spacial score (nSPS) is 23.4. The SMILES string of the molecule is CC(C)=C1[C@H]2CC[C@@H]1[C@@H](C(=O)Nc1sc(C)c(-c3ccc(C(C)C)cc3)c1C(N)=O)[C@H]2C(=O)O. The molecule has 180 valence electrons. The van der Waals surface area contributed by atoms with Gasteiger partial charge in [-0.2, -0.15) is 0 Å². The Bertz CT molecular complexity index is 1190. The first-order valence-electron chi connectivity index (χ1n) is 11.8. The first-order valence-corrected chi connectivity index (χ1v) is 12.6. The van der Waals surface area contributed by atoms with Crippen LogP contribution in [0.4, 0.5) is 5.00 Å². The minimum atomic E-state index is -0.936. The predicted molar refractivity (Wildman–Crippen MR) is 135 cm³/mol. The summed E-state index contributed by atoms with van der Waals surface area (Å²) in [6, 6.07) is 8.02. The third-order valence-corrected chi connectivity index (χ3v) is 8.46. The van der Waals surface area contributed by atoms with Gasteiger partial charge < -0.3 is 16.2 Å². The van der Waals surface area contributed by atoms with E-state index < -0.39 is 23.7 Å². The van der Waals surface area contributed by atoms with Crippen LogP contribution in [-0.2, 0) is 9.59 Å². The zero-order chi connectivity index (χ0) is 24.9. The Labute approximate surface area is 204 Å². The second kappa shape index (κ2) is 9.02. The summed E-state index contributed by atoms with van der Waals surface area (Å²) in [6.07, 6.45) is 1.61. The average Bonchev–Trinajstić information content (AvgIpc) is 3.42. The molecule has 4 rings (SSSR count). The van der Waals surface area contributed by atoms with Gasteiger partial charge in [-0.25, -0.2) is 0 Å². The number of nitrogens with one attached hydrogen (secondary N) is 1. The Balaban J connectivity index is 1.70. The van der Waals surface area contributed by atoms with Gasteiger partial charge in [0.05, 0.1) is 17.4 Å². The van der Waals surface area contributed by atoms with Gasteiger partial charge in [-0.15, -0.1) is 11.3 Å². The lowest BCUT2D eigenvalue weighted by Crippen LogP contribution is -2.38. The van der Waals surface area contributed by atoms with Crippen molar-refractivity contribution in [1.29, 1.82) is 0 Å². The predicted octanol–water partition coefficient (Wildman–Crippen LogP) is 5.58. The highest BCUT2D eigenvalue weighted by molar-refractivity contribution is 7.17. The second-order valence-electron chi connectivity index (χ2n) is 10.0. The van der Waals surface area contributed by atoms with Crippen molar-refractivity contribution >= 4 is 34.1 Å². The van der Waals surface area contributed by atoms with E-state index in [4.69, 9.17) is 5.73 Å². The quantitative estimate of drug-likeness (QED) is 0.469. The third kappa shape index (κ3) is 3.96. The lowest BCUT2D eigenvalue weighted by atomic mass is 9.78. The van der Waals surface area contributed by atoms with Crippen LogP contribution in [-0.4, -0.2) is 22.9 Å². The number of carbonyl (C=O) groups is 3. The number of nitrogens with two attached hydrogens (primary N) is 1. The fourth-order valence-electron chi connectivity index (χ4n) is 6.05. The van der Waals surface area contributed by atoms with Gasteiger partial charge in [0.1, 0.15) is 5.00 Å². The number of carbonyl (C=O) groups excluding carboxylic acids is 2. The molecule has 4 atom stereocenters. The molecular weight excluding hydrogens is 448 g/mol. The highest BCUT2D eigenvalue weighted by Gasteiger charge is 2.57. The van der Waals surface area contributed by atoms with E-state index in [1.54, 1.807) is 0 Å². The largest absolute Gasteiger partial charge is 0.481 e. The third-order valence-electron chi connectivity index (χ3n) is 7.44. The second-order valence-corrected chi connectivity index (χ2v) is 11.2. The summed E-state index contributed by atoms with van der Waals surface area (Å²) in [5.74, 6) is -3.08. The number of rotatable bonds is 6. The number of hydrogen-bond acceptors (Lipinski definition) is 4. The van der Waals surface area contributed by atoms with E-state index in [1.807, 2.05) is 45.0 Å². The molecule has 2 aliphatic rings. The van der Waals surface area contributed by atoms with Gasteiger partial charge in [0, 0.05) is 10.4 Å². The number of thiophene rings is 1. The summed E-state index contributed by atoms with van der Waals surface area (Å²) in [6.45, 7) is 10.1. The summed E-state index contributed by atoms with van der Waals surface area (Å²) < 4.78 is 0. The molecule has 6 nitrogen and oxygen atoms in total. The van der Waals surface area contributed by atoms with Crippen LogP contribution < -0.4 is 11.1 Å². The summed E-state index contributed by atoms with van der Waals surface area (Å²) in [5, 5.41) is 13.3. The van der Waals surface area contributed by atoms with E-state index in [9.17, 15) is 19.5 Å². The molecule has 7 heteroatoms. The van der Waals surface area contributed by atoms with Gasteiger partial charge >= 0.3 is 5.97 Å². The van der Waals surface area contributed by atoms with E-state index in [1.165, 1.54) is 16.9 Å². The number of amides is 2. The lowest BCUT2D eigenvalue weighted by molar-refractivity contribution is -0.148. The number of hydrogen-bond donors (Lipinski definition) is 3. The summed E-state index contributed by atoms with van der Waals surface area (Å²) in [5.41, 5.74) is 11.1. The molecule has 0 radical (unpaired) electrons. The Morgan fingerprint density at radius 1 is 1.06 bits per heavy atom. The molecule has 1 heterocycles. The number of aliphatic carboxylic acids is 1. The molecule has 34 heavy (non-hydrogen) atoms. The molecule has 0 aliphatic heterocycles. The smallest absolute Gasteiger partial charge is 0.307 e. The fourth-order valence-corrected chi connectivity index (χ4v) is 7.13. The molecule has 0 saturated heterocycles. The van der Waals surface area contributed by atoms with Gasteiger partial charge in [-0.1, -0.05) is 49.3 Å². The van der Waals surface area contributed by atoms with Crippen LogP contribution in [0, 0.1) is 30.6 Å². The number of fused-ring (bicyclic) bond motifs is 2. The number of carboxylic acids is 1. The van der Waals surface area contributed by atoms with Crippen LogP contribution >= 0.6 is 11.3 Å². The zero-order valence-electron chi connectivity index (χ0n) is 20.3. The van der Waals surface area contributed by atoms with Crippen molar-refractivity contribution in [2.24, 2.45) is 29.4 Å². The molecule has 2 bridgehead atoms. The van der Waals surface area contributed by atoms with Crippen molar-refractivity contribution < 1.29 is 19.5 Å². The number of aryl methyl sites for hydroxylation is 1. The Morgan fingerprint density at radius 2 is 1.65 bits per heavy atom. The molecule has 0 unspecified atom stereocenters. The van der Waals surface area contributed by atoms with E-state index in [2.05, 4.69) is 19.2 Å². The first-order chi connectivity index (χ1) is 16.0. The topological polar surface area (TPSA) is 109 Å². The van der Waals surface area contributed by atoms with Crippen molar-refractivity contribution in [2.75, 3.05) is 5.32 Å². The minimum absolute atomic E-state index is 0.0720. The Hall–Kier alpha value is -2.93. The zero-order valence-corrected chi connectivity index (χ0v) is 21.1. The Morgan fingerprint density at radius 3 is 2.15 bits per heavy atom. The summed E-state index contributed by atoms with van der Waals surface area (Å²) in [7, 11) is 0. The molecule has 0 spiro atoms. The number of allylic oxidation sites excluding steroid dienone is 2. The van der Waals surface area contributed by atoms with Crippen LogP contribution in [0.2, 0.25) is 0 Å². The van der Waals surface area contributed by atoms with Gasteiger partial charge in [0.15, 0.2) is 0 Å². The van der Waals surface area contributed by atoms with Gasteiger partial charge in [0.25, 0.3) is 5.91 Å². The van der Waals surface area contributed by atoms with E-state index >= 15 is 0 Å². The maximum Gasteiger partial charge on any atom is 0.307 e.